The van der Waals surface area contributed by atoms with E-state index in [1.807, 2.05) is 0 Å². The molecular formula is C24H17Cl2F2N3O2. The predicted molar refractivity (Wildman–Crippen MR) is 124 cm³/mol. The van der Waals surface area contributed by atoms with E-state index in [0.717, 1.165) is 12.5 Å². The van der Waals surface area contributed by atoms with E-state index < -0.39 is 11.6 Å². The van der Waals surface area contributed by atoms with Crippen LogP contribution in [0.25, 0.3) is 22.2 Å². The first kappa shape index (κ1) is 21.7. The second-order valence-electron chi connectivity index (χ2n) is 7.76. The molecule has 1 saturated heterocycles. The lowest BCUT2D eigenvalue weighted by molar-refractivity contribution is 0.199. The zero-order valence-corrected chi connectivity index (χ0v) is 18.6. The number of carbonyl (C=O) groups is 1. The number of hydrogen-bond donors (Lipinski definition) is 1. The van der Waals surface area contributed by atoms with Crippen LogP contribution in [-0.2, 0) is 0 Å². The van der Waals surface area contributed by atoms with Gasteiger partial charge >= 0.3 is 6.03 Å². The van der Waals surface area contributed by atoms with Crippen LogP contribution in [0.5, 0.6) is 0 Å². The Morgan fingerprint density at radius 1 is 1.09 bits per heavy atom. The molecule has 2 amide bonds. The summed E-state index contributed by atoms with van der Waals surface area (Å²) in [5.41, 5.74) is 2.33. The van der Waals surface area contributed by atoms with Crippen molar-refractivity contribution in [3.63, 3.8) is 0 Å². The molecule has 3 aromatic carbocycles. The first-order chi connectivity index (χ1) is 15.9. The number of aromatic nitrogens is 1. The van der Waals surface area contributed by atoms with Crippen molar-refractivity contribution in [2.45, 2.75) is 18.9 Å². The lowest BCUT2D eigenvalue weighted by atomic mass is 10.0. The molecular weight excluding hydrogens is 471 g/mol. The highest BCUT2D eigenvalue weighted by molar-refractivity contribution is 6.36. The fourth-order valence-electron chi connectivity index (χ4n) is 4.02. The van der Waals surface area contributed by atoms with Gasteiger partial charge in [0.05, 0.1) is 10.7 Å². The van der Waals surface area contributed by atoms with E-state index in [0.29, 0.717) is 51.3 Å². The smallest absolute Gasteiger partial charge is 0.322 e. The fourth-order valence-corrected chi connectivity index (χ4v) is 4.48. The van der Waals surface area contributed by atoms with Crippen molar-refractivity contribution in [3.8, 4) is 11.1 Å². The number of carbonyl (C=O) groups excluding carboxylic acids is 1. The summed E-state index contributed by atoms with van der Waals surface area (Å²) in [6.45, 7) is 0.534. The SMILES string of the molecule is O=C(Nc1ccc(Cl)cc1Cl)N1CCC[C@@H]1c1nc2cc(-c3ccc(F)cc3F)ccc2o1. The summed E-state index contributed by atoms with van der Waals surface area (Å²) in [5.74, 6) is -0.894. The predicted octanol–water partition coefficient (Wildman–Crippen LogP) is 7.45. The summed E-state index contributed by atoms with van der Waals surface area (Å²) >= 11 is 12.1. The first-order valence-electron chi connectivity index (χ1n) is 10.3. The molecule has 0 saturated carbocycles. The Balaban J connectivity index is 1.41. The second kappa shape index (κ2) is 8.65. The molecule has 1 aliphatic rings. The molecule has 1 N–H and O–H groups in total. The molecule has 0 unspecified atom stereocenters. The zero-order valence-electron chi connectivity index (χ0n) is 17.1. The summed E-state index contributed by atoms with van der Waals surface area (Å²) in [5, 5.41) is 3.63. The van der Waals surface area contributed by atoms with Crippen LogP contribution < -0.4 is 5.32 Å². The lowest BCUT2D eigenvalue weighted by Crippen LogP contribution is -2.34. The summed E-state index contributed by atoms with van der Waals surface area (Å²) in [7, 11) is 0. The third kappa shape index (κ3) is 4.26. The van der Waals surface area contributed by atoms with Gasteiger partial charge in [0.15, 0.2) is 5.58 Å². The van der Waals surface area contributed by atoms with Gasteiger partial charge in [0.1, 0.15) is 23.2 Å². The number of fused-ring (bicyclic) bond motifs is 1. The Bertz CT molecular complexity index is 1380. The van der Waals surface area contributed by atoms with Gasteiger partial charge < -0.3 is 14.6 Å². The molecule has 5 rings (SSSR count). The third-order valence-corrected chi connectivity index (χ3v) is 6.17. The number of amides is 2. The lowest BCUT2D eigenvalue weighted by Gasteiger charge is -2.23. The van der Waals surface area contributed by atoms with Gasteiger partial charge in [0.25, 0.3) is 0 Å². The van der Waals surface area contributed by atoms with Crippen molar-refractivity contribution in [1.29, 1.82) is 0 Å². The summed E-state index contributed by atoms with van der Waals surface area (Å²) in [4.78, 5) is 19.2. The number of rotatable bonds is 3. The second-order valence-corrected chi connectivity index (χ2v) is 8.61. The number of halogens is 4. The maximum atomic E-state index is 14.2. The molecule has 33 heavy (non-hydrogen) atoms. The first-order valence-corrected chi connectivity index (χ1v) is 11.0. The van der Waals surface area contributed by atoms with Crippen LogP contribution in [0.4, 0.5) is 19.3 Å². The molecule has 2 heterocycles. The van der Waals surface area contributed by atoms with Crippen molar-refractivity contribution < 1.29 is 18.0 Å². The Morgan fingerprint density at radius 3 is 2.73 bits per heavy atom. The van der Waals surface area contributed by atoms with Gasteiger partial charge in [-0.05, 0) is 60.9 Å². The van der Waals surface area contributed by atoms with E-state index in [2.05, 4.69) is 10.3 Å². The largest absolute Gasteiger partial charge is 0.438 e. The fraction of sp³-hybridized carbons (Fsp3) is 0.167. The molecule has 1 fully saturated rings. The van der Waals surface area contributed by atoms with Crippen LogP contribution in [0.1, 0.15) is 24.8 Å². The van der Waals surface area contributed by atoms with E-state index >= 15 is 0 Å². The highest BCUT2D eigenvalue weighted by Crippen LogP contribution is 2.35. The van der Waals surface area contributed by atoms with Crippen LogP contribution in [-0.4, -0.2) is 22.5 Å². The monoisotopic (exact) mass is 487 g/mol. The summed E-state index contributed by atoms with van der Waals surface area (Å²) in [6.07, 6.45) is 1.48. The van der Waals surface area contributed by atoms with Crippen LogP contribution in [0.3, 0.4) is 0 Å². The highest BCUT2D eigenvalue weighted by Gasteiger charge is 2.34. The Kier molecular flexibility index (Phi) is 5.68. The van der Waals surface area contributed by atoms with Crippen LogP contribution in [0, 0.1) is 11.6 Å². The maximum absolute atomic E-state index is 14.2. The maximum Gasteiger partial charge on any atom is 0.322 e. The Hall–Kier alpha value is -3.16. The molecule has 1 aromatic heterocycles. The van der Waals surface area contributed by atoms with E-state index in [1.54, 1.807) is 41.3 Å². The number of hydrogen-bond acceptors (Lipinski definition) is 3. The van der Waals surface area contributed by atoms with E-state index in [4.69, 9.17) is 27.6 Å². The zero-order chi connectivity index (χ0) is 23.1. The van der Waals surface area contributed by atoms with Gasteiger partial charge in [0.2, 0.25) is 5.89 Å². The molecule has 0 spiro atoms. The summed E-state index contributed by atoms with van der Waals surface area (Å²) in [6, 6.07) is 12.7. The number of likely N-dealkylation sites (tertiary alicyclic amines) is 1. The molecule has 168 valence electrons. The Labute approximate surface area is 197 Å². The normalized spacial score (nSPS) is 15.9. The number of benzene rings is 3. The van der Waals surface area contributed by atoms with Gasteiger partial charge in [0, 0.05) is 23.2 Å². The number of urea groups is 1. The molecule has 0 bridgehead atoms. The number of nitrogens with one attached hydrogen (secondary N) is 1. The minimum atomic E-state index is -0.655. The molecule has 9 heteroatoms. The third-order valence-electron chi connectivity index (χ3n) is 5.62. The standard InChI is InChI=1S/C24H17Cl2F2N3O2/c25-14-4-7-19(17(26)11-14)30-24(32)31-9-1-2-21(31)23-29-20-10-13(3-8-22(20)33-23)16-6-5-15(27)12-18(16)28/h3-8,10-12,21H,1-2,9H2,(H,30,32)/t21-/m1/s1. The van der Waals surface area contributed by atoms with E-state index in [9.17, 15) is 13.6 Å². The van der Waals surface area contributed by atoms with Gasteiger partial charge in [-0.1, -0.05) is 29.3 Å². The van der Waals surface area contributed by atoms with Gasteiger partial charge in [-0.15, -0.1) is 0 Å². The van der Waals surface area contributed by atoms with Crippen molar-refractivity contribution in [2.24, 2.45) is 0 Å². The number of oxazole rings is 1. The minimum absolute atomic E-state index is 0.268. The molecule has 4 aromatic rings. The Morgan fingerprint density at radius 2 is 1.94 bits per heavy atom. The molecule has 0 radical (unpaired) electrons. The molecule has 1 aliphatic heterocycles. The highest BCUT2D eigenvalue weighted by atomic mass is 35.5. The van der Waals surface area contributed by atoms with E-state index in [-0.39, 0.29) is 17.6 Å². The van der Waals surface area contributed by atoms with Crippen molar-refractivity contribution in [2.75, 3.05) is 11.9 Å². The molecule has 5 nitrogen and oxygen atoms in total. The van der Waals surface area contributed by atoms with Crippen LogP contribution >= 0.6 is 23.2 Å². The van der Waals surface area contributed by atoms with Gasteiger partial charge in [-0.2, -0.15) is 0 Å². The number of nitrogens with zero attached hydrogens (tertiary/aromatic N) is 2. The van der Waals surface area contributed by atoms with Gasteiger partial charge in [-0.3, -0.25) is 0 Å². The van der Waals surface area contributed by atoms with Crippen molar-refractivity contribution in [3.05, 3.63) is 82.2 Å². The molecule has 1 atom stereocenters. The van der Waals surface area contributed by atoms with E-state index in [1.165, 1.54) is 12.1 Å². The average molecular weight is 488 g/mol. The minimum Gasteiger partial charge on any atom is -0.438 e. The number of anilines is 1. The van der Waals surface area contributed by atoms with Crippen molar-refractivity contribution >= 4 is 46.0 Å². The van der Waals surface area contributed by atoms with Crippen molar-refractivity contribution in [1.82, 2.24) is 9.88 Å². The molecule has 0 aliphatic carbocycles. The quantitative estimate of drug-likeness (QED) is 0.326. The summed E-state index contributed by atoms with van der Waals surface area (Å²) < 4.78 is 33.4. The topological polar surface area (TPSA) is 58.4 Å². The van der Waals surface area contributed by atoms with Crippen LogP contribution in [0.15, 0.2) is 59.0 Å². The van der Waals surface area contributed by atoms with Gasteiger partial charge in [-0.25, -0.2) is 18.6 Å². The van der Waals surface area contributed by atoms with Crippen LogP contribution in [0.2, 0.25) is 10.0 Å². The average Bonchev–Trinajstić information content (AvgIpc) is 3.42.